The molecule has 4 N–H and O–H groups in total. The number of carboxylic acid groups (broad SMARTS) is 1. The van der Waals surface area contributed by atoms with Crippen LogP contribution in [0, 0.1) is 0 Å². The molecular weight excluding hydrogens is 296 g/mol. The van der Waals surface area contributed by atoms with Crippen molar-refractivity contribution in [3.63, 3.8) is 0 Å². The maximum atomic E-state index is 10.4. The van der Waals surface area contributed by atoms with Crippen molar-refractivity contribution in [3.8, 4) is 0 Å². The van der Waals surface area contributed by atoms with Gasteiger partial charge in [-0.3, -0.25) is 4.79 Å². The van der Waals surface area contributed by atoms with Gasteiger partial charge in [-0.25, -0.2) is 0 Å². The zero-order valence-corrected chi connectivity index (χ0v) is 14.4. The number of aliphatic carboxylic acids is 1. The van der Waals surface area contributed by atoms with E-state index in [9.17, 15) is 20.1 Å². The molecule has 0 heterocycles. The van der Waals surface area contributed by atoms with E-state index in [4.69, 9.17) is 5.11 Å². The Bertz CT molecular complexity index is 317. The monoisotopic (exact) mass is 330 g/mol. The maximum absolute atomic E-state index is 10.4. The molecule has 23 heavy (non-hydrogen) atoms. The molecule has 0 aromatic carbocycles. The molecule has 0 spiro atoms. The first-order valence-corrected chi connectivity index (χ1v) is 8.88. The van der Waals surface area contributed by atoms with Gasteiger partial charge in [0, 0.05) is 6.42 Å². The summed E-state index contributed by atoms with van der Waals surface area (Å²) in [6, 6.07) is 0. The molecule has 0 aromatic heterocycles. The molecule has 0 rings (SSSR count). The van der Waals surface area contributed by atoms with Crippen molar-refractivity contribution in [1.82, 2.24) is 0 Å². The second-order valence-electron chi connectivity index (χ2n) is 6.18. The number of hydrogen-bond acceptors (Lipinski definition) is 4. The van der Waals surface area contributed by atoms with Crippen LogP contribution in [0.3, 0.4) is 0 Å². The summed E-state index contributed by atoms with van der Waals surface area (Å²) in [6.07, 6.45) is 9.54. The molecule has 0 aromatic rings. The molecule has 0 aliphatic carbocycles. The molecule has 5 nitrogen and oxygen atoms in total. The number of hydrogen-bond donors (Lipinski definition) is 4. The van der Waals surface area contributed by atoms with E-state index in [2.05, 4.69) is 0 Å². The van der Waals surface area contributed by atoms with E-state index >= 15 is 0 Å². The maximum Gasteiger partial charge on any atom is 0.303 e. The van der Waals surface area contributed by atoms with Crippen LogP contribution >= 0.6 is 0 Å². The predicted octanol–water partition coefficient (Wildman–Crippen LogP) is 3.02. The lowest BCUT2D eigenvalue weighted by molar-refractivity contribution is -0.137. The van der Waals surface area contributed by atoms with Gasteiger partial charge >= 0.3 is 5.97 Å². The van der Waals surface area contributed by atoms with E-state index in [0.29, 0.717) is 32.1 Å². The van der Waals surface area contributed by atoms with Gasteiger partial charge in [0.25, 0.3) is 0 Å². The topological polar surface area (TPSA) is 98.0 Å². The molecule has 0 saturated heterocycles. The summed E-state index contributed by atoms with van der Waals surface area (Å²) in [4.78, 5) is 10.4. The molecule has 3 atom stereocenters. The van der Waals surface area contributed by atoms with Gasteiger partial charge in [0.05, 0.1) is 18.3 Å². The fraction of sp³-hybridized carbons (Fsp3) is 0.833. The third-order valence-corrected chi connectivity index (χ3v) is 3.95. The molecule has 0 radical (unpaired) electrons. The first kappa shape index (κ1) is 22.1. The third-order valence-electron chi connectivity index (χ3n) is 3.95. The van der Waals surface area contributed by atoms with Gasteiger partial charge in [-0.1, -0.05) is 44.8 Å². The summed E-state index contributed by atoms with van der Waals surface area (Å²) >= 11 is 0. The number of unbranched alkanes of at least 4 members (excludes halogenated alkanes) is 4. The lowest BCUT2D eigenvalue weighted by Crippen LogP contribution is -2.26. The van der Waals surface area contributed by atoms with E-state index < -0.39 is 24.3 Å². The summed E-state index contributed by atoms with van der Waals surface area (Å²) in [5.41, 5.74) is 0. The lowest BCUT2D eigenvalue weighted by Gasteiger charge is -2.18. The van der Waals surface area contributed by atoms with Crippen LogP contribution in [0.2, 0.25) is 0 Å². The summed E-state index contributed by atoms with van der Waals surface area (Å²) in [5, 5.41) is 38.0. The first-order valence-electron chi connectivity index (χ1n) is 8.88. The quantitative estimate of drug-likeness (QED) is 0.273. The third kappa shape index (κ3) is 14.4. The highest BCUT2D eigenvalue weighted by Crippen LogP contribution is 2.14. The standard InChI is InChI=1S/C18H34O5/c1-2-3-7-11-16(20)17(21)14-13-15(19)10-8-5-4-6-9-12-18(22)23/h3,7,15-17,19-21H,2,4-6,8-14H2,1H3,(H,22,23). The van der Waals surface area contributed by atoms with Crippen molar-refractivity contribution in [2.24, 2.45) is 0 Å². The fourth-order valence-electron chi connectivity index (χ4n) is 2.45. The van der Waals surface area contributed by atoms with Crippen LogP contribution < -0.4 is 0 Å². The molecule has 0 fully saturated rings. The van der Waals surface area contributed by atoms with Gasteiger partial charge in [0.2, 0.25) is 0 Å². The summed E-state index contributed by atoms with van der Waals surface area (Å²) in [6.45, 7) is 2.02. The normalized spacial score (nSPS) is 15.7. The number of aliphatic hydroxyl groups excluding tert-OH is 3. The van der Waals surface area contributed by atoms with Gasteiger partial charge in [-0.05, 0) is 38.5 Å². The van der Waals surface area contributed by atoms with Crippen LogP contribution in [0.1, 0.15) is 77.6 Å². The Morgan fingerprint density at radius 2 is 1.52 bits per heavy atom. The predicted molar refractivity (Wildman–Crippen MR) is 91.3 cm³/mol. The average Bonchev–Trinajstić information content (AvgIpc) is 2.51. The Morgan fingerprint density at radius 1 is 0.870 bits per heavy atom. The van der Waals surface area contributed by atoms with Gasteiger partial charge in [0.1, 0.15) is 0 Å². The molecule has 3 unspecified atom stereocenters. The number of carboxylic acids is 1. The van der Waals surface area contributed by atoms with Crippen LogP contribution in [0.25, 0.3) is 0 Å². The highest BCUT2D eigenvalue weighted by atomic mass is 16.4. The second-order valence-corrected chi connectivity index (χ2v) is 6.18. The summed E-state index contributed by atoms with van der Waals surface area (Å²) in [5.74, 6) is -0.744. The minimum Gasteiger partial charge on any atom is -0.481 e. The minimum atomic E-state index is -0.790. The lowest BCUT2D eigenvalue weighted by atomic mass is 10.00. The van der Waals surface area contributed by atoms with Crippen molar-refractivity contribution in [1.29, 1.82) is 0 Å². The molecule has 0 aliphatic heterocycles. The summed E-state index contributed by atoms with van der Waals surface area (Å²) < 4.78 is 0. The van der Waals surface area contributed by atoms with Crippen LogP contribution in [0.5, 0.6) is 0 Å². The van der Waals surface area contributed by atoms with E-state index in [-0.39, 0.29) is 6.42 Å². The van der Waals surface area contributed by atoms with E-state index in [1.807, 2.05) is 19.1 Å². The smallest absolute Gasteiger partial charge is 0.303 e. The van der Waals surface area contributed by atoms with Crippen LogP contribution in [0.4, 0.5) is 0 Å². The Balaban J connectivity index is 3.56. The molecular formula is C18H34O5. The Morgan fingerprint density at radius 3 is 2.17 bits per heavy atom. The highest BCUT2D eigenvalue weighted by Gasteiger charge is 2.16. The number of allylic oxidation sites excluding steroid dienone is 1. The molecule has 0 aliphatic rings. The fourth-order valence-corrected chi connectivity index (χ4v) is 2.45. The van der Waals surface area contributed by atoms with Crippen LogP contribution in [-0.2, 0) is 4.79 Å². The van der Waals surface area contributed by atoms with Crippen molar-refractivity contribution in [2.75, 3.05) is 0 Å². The van der Waals surface area contributed by atoms with E-state index in [1.165, 1.54) is 0 Å². The zero-order valence-electron chi connectivity index (χ0n) is 14.4. The number of rotatable bonds is 15. The zero-order chi connectivity index (χ0) is 17.5. The van der Waals surface area contributed by atoms with Crippen molar-refractivity contribution < 1.29 is 25.2 Å². The average molecular weight is 330 g/mol. The van der Waals surface area contributed by atoms with E-state index in [1.54, 1.807) is 0 Å². The van der Waals surface area contributed by atoms with Gasteiger partial charge in [-0.15, -0.1) is 0 Å². The molecule has 0 saturated carbocycles. The first-order chi connectivity index (χ1) is 11.0. The Kier molecular flexibility index (Phi) is 14.1. The van der Waals surface area contributed by atoms with E-state index in [0.717, 1.165) is 32.1 Å². The highest BCUT2D eigenvalue weighted by molar-refractivity contribution is 5.66. The molecule has 0 amide bonds. The number of aliphatic hydroxyl groups is 3. The van der Waals surface area contributed by atoms with Crippen molar-refractivity contribution in [2.45, 2.75) is 95.9 Å². The minimum absolute atomic E-state index is 0.232. The van der Waals surface area contributed by atoms with Crippen LogP contribution in [-0.4, -0.2) is 44.7 Å². The molecule has 136 valence electrons. The van der Waals surface area contributed by atoms with Gasteiger partial charge in [-0.2, -0.15) is 0 Å². The second kappa shape index (κ2) is 14.7. The van der Waals surface area contributed by atoms with Crippen LogP contribution in [0.15, 0.2) is 12.2 Å². The molecule has 5 heteroatoms. The SMILES string of the molecule is CCC=CCC(O)C(O)CCC(O)CCCCCCCC(=O)O. The molecule has 0 bridgehead atoms. The largest absolute Gasteiger partial charge is 0.481 e. The van der Waals surface area contributed by atoms with Crippen molar-refractivity contribution >= 4 is 5.97 Å². The van der Waals surface area contributed by atoms with Gasteiger partial charge < -0.3 is 20.4 Å². The van der Waals surface area contributed by atoms with Crippen molar-refractivity contribution in [3.05, 3.63) is 12.2 Å². The van der Waals surface area contributed by atoms with Gasteiger partial charge in [0.15, 0.2) is 0 Å². The number of carbonyl (C=O) groups is 1. The Labute approximate surface area is 140 Å². The summed E-state index contributed by atoms with van der Waals surface area (Å²) in [7, 11) is 0. The Hall–Kier alpha value is -0.910.